The molecule has 0 N–H and O–H groups in total. The summed E-state index contributed by atoms with van der Waals surface area (Å²) in [5, 5.41) is 0.695. The van der Waals surface area contributed by atoms with Crippen LogP contribution in [0, 0.1) is 6.92 Å². The second-order valence-electron chi connectivity index (χ2n) is 3.38. The summed E-state index contributed by atoms with van der Waals surface area (Å²) < 4.78 is 5.66. The monoisotopic (exact) mass is 218 g/mol. The molecule has 0 aromatic heterocycles. The second-order valence-corrected chi connectivity index (χ2v) is 3.82. The Morgan fingerprint density at radius 1 is 0.933 bits per heavy atom. The average molecular weight is 219 g/mol. The molecule has 0 heterocycles. The molecule has 15 heavy (non-hydrogen) atoms. The minimum absolute atomic E-state index is 0.695. The molecule has 0 fully saturated rings. The topological polar surface area (TPSA) is 9.23 Å². The molecule has 0 spiro atoms. The molecule has 2 aromatic carbocycles. The van der Waals surface area contributed by atoms with Crippen LogP contribution in [0.25, 0.3) is 0 Å². The summed E-state index contributed by atoms with van der Waals surface area (Å²) in [4.78, 5) is 0. The van der Waals surface area contributed by atoms with Crippen LogP contribution < -0.4 is 4.74 Å². The van der Waals surface area contributed by atoms with Crippen LogP contribution in [0.5, 0.6) is 11.5 Å². The summed E-state index contributed by atoms with van der Waals surface area (Å²) >= 11 is 5.94. The second kappa shape index (κ2) is 4.37. The third-order valence-corrected chi connectivity index (χ3v) is 2.21. The van der Waals surface area contributed by atoms with Crippen molar-refractivity contribution in [2.24, 2.45) is 0 Å². The number of para-hydroxylation sites is 1. The SMILES string of the molecule is Cc1cc(Cl)cc(Oc2ccccc2)c1. The van der Waals surface area contributed by atoms with Gasteiger partial charge < -0.3 is 4.74 Å². The van der Waals surface area contributed by atoms with Crippen LogP contribution in [0.15, 0.2) is 48.5 Å². The summed E-state index contributed by atoms with van der Waals surface area (Å²) in [7, 11) is 0. The fourth-order valence-electron chi connectivity index (χ4n) is 1.39. The van der Waals surface area contributed by atoms with E-state index in [1.54, 1.807) is 0 Å². The number of ether oxygens (including phenoxy) is 1. The molecule has 0 unspecified atom stereocenters. The van der Waals surface area contributed by atoms with Gasteiger partial charge in [-0.05, 0) is 42.8 Å². The van der Waals surface area contributed by atoms with Gasteiger partial charge in [-0.3, -0.25) is 0 Å². The van der Waals surface area contributed by atoms with Crippen molar-refractivity contribution in [3.63, 3.8) is 0 Å². The smallest absolute Gasteiger partial charge is 0.129 e. The van der Waals surface area contributed by atoms with Gasteiger partial charge in [-0.25, -0.2) is 0 Å². The average Bonchev–Trinajstić information content (AvgIpc) is 2.17. The van der Waals surface area contributed by atoms with Crippen molar-refractivity contribution in [2.75, 3.05) is 0 Å². The zero-order valence-electron chi connectivity index (χ0n) is 8.41. The summed E-state index contributed by atoms with van der Waals surface area (Å²) in [5.41, 5.74) is 1.09. The van der Waals surface area contributed by atoms with E-state index >= 15 is 0 Å². The Morgan fingerprint density at radius 2 is 1.67 bits per heavy atom. The first-order chi connectivity index (χ1) is 7.24. The van der Waals surface area contributed by atoms with Gasteiger partial charge in [0.25, 0.3) is 0 Å². The van der Waals surface area contributed by atoms with Crippen molar-refractivity contribution in [1.29, 1.82) is 0 Å². The van der Waals surface area contributed by atoms with Crippen molar-refractivity contribution in [1.82, 2.24) is 0 Å². The normalized spacial score (nSPS) is 10.0. The maximum absolute atomic E-state index is 5.94. The molecule has 0 aliphatic rings. The van der Waals surface area contributed by atoms with Gasteiger partial charge in [0.15, 0.2) is 0 Å². The highest BCUT2D eigenvalue weighted by atomic mass is 35.5. The standard InChI is InChI=1S/C13H11ClO/c1-10-7-11(14)9-13(8-10)15-12-5-3-2-4-6-12/h2-9H,1H3. The van der Waals surface area contributed by atoms with Crippen LogP contribution in [0.2, 0.25) is 5.02 Å². The fraction of sp³-hybridized carbons (Fsp3) is 0.0769. The van der Waals surface area contributed by atoms with E-state index in [-0.39, 0.29) is 0 Å². The molecule has 2 heteroatoms. The van der Waals surface area contributed by atoms with Crippen LogP contribution in [-0.4, -0.2) is 0 Å². The first kappa shape index (κ1) is 10.1. The number of hydrogen-bond donors (Lipinski definition) is 0. The maximum atomic E-state index is 5.94. The minimum atomic E-state index is 0.695. The highest BCUT2D eigenvalue weighted by molar-refractivity contribution is 6.30. The minimum Gasteiger partial charge on any atom is -0.457 e. The molecule has 1 nitrogen and oxygen atoms in total. The zero-order chi connectivity index (χ0) is 10.7. The van der Waals surface area contributed by atoms with Gasteiger partial charge in [-0.1, -0.05) is 29.8 Å². The Morgan fingerprint density at radius 3 is 2.33 bits per heavy atom. The van der Waals surface area contributed by atoms with Crippen molar-refractivity contribution in [3.05, 3.63) is 59.1 Å². The highest BCUT2D eigenvalue weighted by Crippen LogP contribution is 2.25. The van der Waals surface area contributed by atoms with E-state index in [2.05, 4.69) is 0 Å². The van der Waals surface area contributed by atoms with E-state index in [4.69, 9.17) is 16.3 Å². The Labute approximate surface area is 94.3 Å². The molecule has 0 radical (unpaired) electrons. The summed E-state index contributed by atoms with van der Waals surface area (Å²) in [6, 6.07) is 15.3. The van der Waals surface area contributed by atoms with E-state index in [1.165, 1.54) is 0 Å². The Bertz CT molecular complexity index is 431. The molecular weight excluding hydrogens is 208 g/mol. The molecule has 0 saturated carbocycles. The van der Waals surface area contributed by atoms with Gasteiger partial charge in [-0.15, -0.1) is 0 Å². The van der Waals surface area contributed by atoms with E-state index in [1.807, 2.05) is 55.5 Å². The number of halogens is 1. The molecule has 0 saturated heterocycles. The van der Waals surface area contributed by atoms with Crippen molar-refractivity contribution >= 4 is 11.6 Å². The molecule has 0 aliphatic heterocycles. The lowest BCUT2D eigenvalue weighted by molar-refractivity contribution is 0.482. The van der Waals surface area contributed by atoms with E-state index in [0.29, 0.717) is 5.02 Å². The summed E-state index contributed by atoms with van der Waals surface area (Å²) in [6.07, 6.45) is 0. The van der Waals surface area contributed by atoms with Gasteiger partial charge in [-0.2, -0.15) is 0 Å². The van der Waals surface area contributed by atoms with Gasteiger partial charge in [0.1, 0.15) is 11.5 Å². The number of rotatable bonds is 2. The van der Waals surface area contributed by atoms with Crippen LogP contribution in [0.3, 0.4) is 0 Å². The van der Waals surface area contributed by atoms with Gasteiger partial charge >= 0.3 is 0 Å². The van der Waals surface area contributed by atoms with Crippen LogP contribution in [-0.2, 0) is 0 Å². The van der Waals surface area contributed by atoms with Gasteiger partial charge in [0.2, 0.25) is 0 Å². The van der Waals surface area contributed by atoms with Gasteiger partial charge in [0.05, 0.1) is 0 Å². The lowest BCUT2D eigenvalue weighted by Gasteiger charge is -2.06. The number of benzene rings is 2. The third-order valence-electron chi connectivity index (χ3n) is 1.99. The van der Waals surface area contributed by atoms with E-state index in [9.17, 15) is 0 Å². The van der Waals surface area contributed by atoms with Crippen molar-refractivity contribution < 1.29 is 4.74 Å². The Balaban J connectivity index is 2.25. The molecule has 2 rings (SSSR count). The molecule has 0 amide bonds. The molecule has 0 atom stereocenters. The first-order valence-electron chi connectivity index (χ1n) is 4.74. The predicted octanol–water partition coefficient (Wildman–Crippen LogP) is 4.44. The van der Waals surface area contributed by atoms with E-state index in [0.717, 1.165) is 17.1 Å². The predicted molar refractivity (Wildman–Crippen MR) is 62.7 cm³/mol. The Kier molecular flexibility index (Phi) is 2.93. The Hall–Kier alpha value is -1.47. The van der Waals surface area contributed by atoms with Crippen molar-refractivity contribution in [3.8, 4) is 11.5 Å². The lowest BCUT2D eigenvalue weighted by Crippen LogP contribution is -1.84. The molecule has 0 bridgehead atoms. The third kappa shape index (κ3) is 2.74. The lowest BCUT2D eigenvalue weighted by atomic mass is 10.2. The largest absolute Gasteiger partial charge is 0.457 e. The molecule has 76 valence electrons. The van der Waals surface area contributed by atoms with Gasteiger partial charge in [0, 0.05) is 5.02 Å². The number of aryl methyl sites for hydroxylation is 1. The quantitative estimate of drug-likeness (QED) is 0.724. The zero-order valence-corrected chi connectivity index (χ0v) is 9.16. The van der Waals surface area contributed by atoms with Crippen molar-refractivity contribution in [2.45, 2.75) is 6.92 Å². The molecule has 0 aliphatic carbocycles. The molecule has 2 aromatic rings. The van der Waals surface area contributed by atoms with Crippen LogP contribution >= 0.6 is 11.6 Å². The van der Waals surface area contributed by atoms with Crippen LogP contribution in [0.4, 0.5) is 0 Å². The highest BCUT2D eigenvalue weighted by Gasteiger charge is 1.99. The summed E-state index contributed by atoms with van der Waals surface area (Å²) in [5.74, 6) is 1.59. The first-order valence-corrected chi connectivity index (χ1v) is 5.12. The number of hydrogen-bond acceptors (Lipinski definition) is 1. The fourth-order valence-corrected chi connectivity index (χ4v) is 1.67. The maximum Gasteiger partial charge on any atom is 0.129 e. The summed E-state index contributed by atoms with van der Waals surface area (Å²) in [6.45, 7) is 1.99. The van der Waals surface area contributed by atoms with Crippen LogP contribution in [0.1, 0.15) is 5.56 Å². The van der Waals surface area contributed by atoms with E-state index < -0.39 is 0 Å². The molecular formula is C13H11ClO.